The summed E-state index contributed by atoms with van der Waals surface area (Å²) in [4.78, 5) is 0. The summed E-state index contributed by atoms with van der Waals surface area (Å²) >= 11 is 5.85. The number of hydrogen-bond acceptors (Lipinski definition) is 2. The summed E-state index contributed by atoms with van der Waals surface area (Å²) in [6, 6.07) is 7.31. The van der Waals surface area contributed by atoms with E-state index in [1.54, 1.807) is 10.7 Å². The van der Waals surface area contributed by atoms with E-state index in [9.17, 15) is 0 Å². The molecule has 0 atom stereocenters. The summed E-state index contributed by atoms with van der Waals surface area (Å²) in [6.07, 6.45) is 1.83. The molecule has 0 aliphatic heterocycles. The van der Waals surface area contributed by atoms with E-state index in [0.29, 0.717) is 10.9 Å². The zero-order chi connectivity index (χ0) is 10.8. The first-order chi connectivity index (χ1) is 7.15. The molecule has 0 radical (unpaired) electrons. The van der Waals surface area contributed by atoms with Crippen molar-refractivity contribution in [1.82, 2.24) is 9.78 Å². The Balaban J connectivity index is 2.24. The van der Waals surface area contributed by atoms with E-state index < -0.39 is 0 Å². The molecular formula is C11H11ClN2O. The molecule has 2 rings (SSSR count). The lowest BCUT2D eigenvalue weighted by Crippen LogP contribution is -1.91. The number of ether oxygens (including phenoxy) is 1. The second kappa shape index (κ2) is 3.95. The van der Waals surface area contributed by atoms with Crippen LogP contribution in [0.4, 0.5) is 0 Å². The molecular weight excluding hydrogens is 212 g/mol. The standard InChI is InChI=1S/C11H11ClN2O/c1-8-7-9(12)3-4-10(8)15-11-5-6-14(2)13-11/h3-7H,1-2H3. The van der Waals surface area contributed by atoms with Crippen LogP contribution in [0.25, 0.3) is 0 Å². The normalized spacial score (nSPS) is 10.3. The van der Waals surface area contributed by atoms with E-state index in [-0.39, 0.29) is 0 Å². The highest BCUT2D eigenvalue weighted by Crippen LogP contribution is 2.25. The Morgan fingerprint density at radius 3 is 2.73 bits per heavy atom. The monoisotopic (exact) mass is 222 g/mol. The molecule has 0 saturated carbocycles. The van der Waals surface area contributed by atoms with Gasteiger partial charge in [0.05, 0.1) is 0 Å². The molecule has 4 heteroatoms. The van der Waals surface area contributed by atoms with Crippen LogP contribution in [0.5, 0.6) is 11.6 Å². The maximum absolute atomic E-state index is 5.85. The maximum atomic E-state index is 5.85. The lowest BCUT2D eigenvalue weighted by molar-refractivity contribution is 0.451. The summed E-state index contributed by atoms with van der Waals surface area (Å²) in [5.41, 5.74) is 0.994. The lowest BCUT2D eigenvalue weighted by Gasteiger charge is -2.05. The van der Waals surface area contributed by atoms with Crippen LogP contribution in [0, 0.1) is 6.92 Å². The van der Waals surface area contributed by atoms with Crippen molar-refractivity contribution >= 4 is 11.6 Å². The van der Waals surface area contributed by atoms with Gasteiger partial charge in [-0.25, -0.2) is 0 Å². The van der Waals surface area contributed by atoms with Gasteiger partial charge in [-0.05, 0) is 30.7 Å². The van der Waals surface area contributed by atoms with Crippen LogP contribution in [-0.4, -0.2) is 9.78 Å². The predicted octanol–water partition coefficient (Wildman–Crippen LogP) is 3.17. The number of nitrogens with zero attached hydrogens (tertiary/aromatic N) is 2. The van der Waals surface area contributed by atoms with E-state index >= 15 is 0 Å². The largest absolute Gasteiger partial charge is 0.437 e. The smallest absolute Gasteiger partial charge is 0.238 e. The lowest BCUT2D eigenvalue weighted by atomic mass is 10.2. The van der Waals surface area contributed by atoms with Gasteiger partial charge in [-0.1, -0.05) is 11.6 Å². The minimum absolute atomic E-state index is 0.586. The first-order valence-corrected chi connectivity index (χ1v) is 4.96. The van der Waals surface area contributed by atoms with E-state index in [2.05, 4.69) is 5.10 Å². The van der Waals surface area contributed by atoms with Crippen molar-refractivity contribution in [3.05, 3.63) is 41.0 Å². The quantitative estimate of drug-likeness (QED) is 0.781. The highest BCUT2D eigenvalue weighted by atomic mass is 35.5. The van der Waals surface area contributed by atoms with Crippen molar-refractivity contribution in [2.45, 2.75) is 6.92 Å². The molecule has 0 N–H and O–H groups in total. The molecule has 15 heavy (non-hydrogen) atoms. The Bertz CT molecular complexity index is 479. The number of aryl methyl sites for hydroxylation is 2. The van der Waals surface area contributed by atoms with Gasteiger partial charge in [0.25, 0.3) is 0 Å². The van der Waals surface area contributed by atoms with Gasteiger partial charge >= 0.3 is 0 Å². The molecule has 0 amide bonds. The molecule has 0 fully saturated rings. The van der Waals surface area contributed by atoms with E-state index in [1.165, 1.54) is 0 Å². The molecule has 3 nitrogen and oxygen atoms in total. The van der Waals surface area contributed by atoms with Crippen LogP contribution in [0.3, 0.4) is 0 Å². The molecule has 0 spiro atoms. The van der Waals surface area contributed by atoms with Crippen LogP contribution in [0.15, 0.2) is 30.5 Å². The number of aromatic nitrogens is 2. The van der Waals surface area contributed by atoms with Crippen LogP contribution >= 0.6 is 11.6 Å². The van der Waals surface area contributed by atoms with E-state index in [4.69, 9.17) is 16.3 Å². The zero-order valence-electron chi connectivity index (χ0n) is 8.57. The third-order valence-corrected chi connectivity index (χ3v) is 2.28. The summed E-state index contributed by atoms with van der Waals surface area (Å²) in [5, 5.41) is 4.84. The Morgan fingerprint density at radius 2 is 2.13 bits per heavy atom. The molecule has 0 aliphatic carbocycles. The summed E-state index contributed by atoms with van der Waals surface area (Å²) in [7, 11) is 1.85. The van der Waals surface area contributed by atoms with Gasteiger partial charge in [-0.3, -0.25) is 4.68 Å². The van der Waals surface area contributed by atoms with E-state index in [1.807, 2.05) is 38.4 Å². The van der Waals surface area contributed by atoms with Crippen molar-refractivity contribution < 1.29 is 4.74 Å². The second-order valence-electron chi connectivity index (χ2n) is 3.34. The minimum Gasteiger partial charge on any atom is -0.437 e. The topological polar surface area (TPSA) is 27.1 Å². The number of benzene rings is 1. The Morgan fingerprint density at radius 1 is 1.33 bits per heavy atom. The zero-order valence-corrected chi connectivity index (χ0v) is 9.32. The molecule has 1 aromatic carbocycles. The fourth-order valence-electron chi connectivity index (χ4n) is 1.29. The van der Waals surface area contributed by atoms with Crippen molar-refractivity contribution in [1.29, 1.82) is 0 Å². The van der Waals surface area contributed by atoms with Gasteiger partial charge < -0.3 is 4.74 Å². The maximum Gasteiger partial charge on any atom is 0.238 e. The van der Waals surface area contributed by atoms with Crippen LogP contribution in [0.1, 0.15) is 5.56 Å². The first kappa shape index (κ1) is 10.1. The molecule has 78 valence electrons. The SMILES string of the molecule is Cc1cc(Cl)ccc1Oc1ccn(C)n1. The van der Waals surface area contributed by atoms with Gasteiger partial charge in [0.2, 0.25) is 5.88 Å². The van der Waals surface area contributed by atoms with Gasteiger partial charge in [0.15, 0.2) is 0 Å². The number of rotatable bonds is 2. The Labute approximate surface area is 93.2 Å². The molecule has 0 unspecified atom stereocenters. The average molecular weight is 223 g/mol. The Hall–Kier alpha value is -1.48. The molecule has 0 bridgehead atoms. The van der Waals surface area contributed by atoms with Gasteiger partial charge in [0.1, 0.15) is 5.75 Å². The number of halogens is 1. The first-order valence-electron chi connectivity index (χ1n) is 4.59. The Kier molecular flexibility index (Phi) is 2.64. The van der Waals surface area contributed by atoms with Gasteiger partial charge in [-0.2, -0.15) is 0 Å². The predicted molar refractivity (Wildman–Crippen MR) is 59.5 cm³/mol. The number of hydrogen-bond donors (Lipinski definition) is 0. The second-order valence-corrected chi connectivity index (χ2v) is 3.78. The average Bonchev–Trinajstić information content (AvgIpc) is 2.56. The van der Waals surface area contributed by atoms with Crippen LogP contribution in [0.2, 0.25) is 5.02 Å². The van der Waals surface area contributed by atoms with Crippen molar-refractivity contribution in [2.24, 2.45) is 7.05 Å². The van der Waals surface area contributed by atoms with Gasteiger partial charge in [0, 0.05) is 24.3 Å². The van der Waals surface area contributed by atoms with E-state index in [0.717, 1.165) is 11.3 Å². The van der Waals surface area contributed by atoms with Crippen molar-refractivity contribution in [2.75, 3.05) is 0 Å². The summed E-state index contributed by atoms with van der Waals surface area (Å²) in [5.74, 6) is 1.36. The van der Waals surface area contributed by atoms with Crippen molar-refractivity contribution in [3.63, 3.8) is 0 Å². The molecule has 1 aromatic heterocycles. The van der Waals surface area contributed by atoms with Crippen LogP contribution in [-0.2, 0) is 7.05 Å². The van der Waals surface area contributed by atoms with Gasteiger partial charge in [-0.15, -0.1) is 5.10 Å². The summed E-state index contributed by atoms with van der Waals surface area (Å²) < 4.78 is 7.29. The van der Waals surface area contributed by atoms with Crippen molar-refractivity contribution in [3.8, 4) is 11.6 Å². The molecule has 1 heterocycles. The fourth-order valence-corrected chi connectivity index (χ4v) is 1.51. The summed E-state index contributed by atoms with van der Waals surface area (Å²) in [6.45, 7) is 1.95. The molecule has 2 aromatic rings. The third-order valence-electron chi connectivity index (χ3n) is 2.04. The fraction of sp³-hybridized carbons (Fsp3) is 0.182. The third kappa shape index (κ3) is 2.30. The molecule has 0 aliphatic rings. The molecule has 0 saturated heterocycles. The minimum atomic E-state index is 0.586. The van der Waals surface area contributed by atoms with Crippen LogP contribution < -0.4 is 4.74 Å². The highest BCUT2D eigenvalue weighted by molar-refractivity contribution is 6.30. The highest BCUT2D eigenvalue weighted by Gasteiger charge is 2.03.